The van der Waals surface area contributed by atoms with Crippen molar-refractivity contribution in [3.05, 3.63) is 0 Å². The molecule has 0 bridgehead atoms. The normalized spacial score (nSPS) is 34.1. The van der Waals surface area contributed by atoms with Crippen molar-refractivity contribution in [1.82, 2.24) is 0 Å². The third-order valence-corrected chi connectivity index (χ3v) is 4.25. The quantitative estimate of drug-likeness (QED) is 0.733. The fourth-order valence-electron chi connectivity index (χ4n) is 3.00. The van der Waals surface area contributed by atoms with Gasteiger partial charge in [0, 0.05) is 5.54 Å². The molecule has 0 heterocycles. The second-order valence-corrected chi connectivity index (χ2v) is 6.53. The molecule has 14 heavy (non-hydrogen) atoms. The molecule has 1 heteroatoms. The highest BCUT2D eigenvalue weighted by Crippen LogP contribution is 2.43. The summed E-state index contributed by atoms with van der Waals surface area (Å²) < 4.78 is 0. The highest BCUT2D eigenvalue weighted by molar-refractivity contribution is 4.98. The van der Waals surface area contributed by atoms with Crippen molar-refractivity contribution in [3.63, 3.8) is 0 Å². The van der Waals surface area contributed by atoms with Gasteiger partial charge >= 0.3 is 0 Å². The van der Waals surface area contributed by atoms with Crippen LogP contribution in [-0.2, 0) is 0 Å². The molecule has 0 saturated heterocycles. The van der Waals surface area contributed by atoms with Gasteiger partial charge in [-0.15, -0.1) is 0 Å². The Labute approximate surface area is 88.4 Å². The molecular weight excluding hydrogens is 170 g/mol. The van der Waals surface area contributed by atoms with Crippen LogP contribution in [-0.4, -0.2) is 5.54 Å². The molecule has 2 rings (SSSR count). The third-order valence-electron chi connectivity index (χ3n) is 4.25. The first kappa shape index (κ1) is 10.5. The van der Waals surface area contributed by atoms with Gasteiger partial charge in [0.05, 0.1) is 0 Å². The van der Waals surface area contributed by atoms with Crippen molar-refractivity contribution < 1.29 is 0 Å². The lowest BCUT2D eigenvalue weighted by molar-refractivity contribution is 0.169. The fourth-order valence-corrected chi connectivity index (χ4v) is 3.00. The van der Waals surface area contributed by atoms with E-state index in [0.29, 0.717) is 5.41 Å². The predicted molar refractivity (Wildman–Crippen MR) is 61.1 cm³/mol. The first-order chi connectivity index (χ1) is 6.49. The Morgan fingerprint density at radius 1 is 1.21 bits per heavy atom. The van der Waals surface area contributed by atoms with E-state index in [9.17, 15) is 0 Å². The van der Waals surface area contributed by atoms with Gasteiger partial charge < -0.3 is 5.73 Å². The Balaban J connectivity index is 1.75. The molecule has 0 aromatic heterocycles. The number of hydrogen-bond donors (Lipinski definition) is 1. The molecule has 2 aliphatic carbocycles. The highest BCUT2D eigenvalue weighted by Gasteiger charge is 2.38. The standard InChI is InChI=1S/C13H25N/c1-12(2)6-3-4-11(10-12)5-7-13(14)8-9-13/h11H,3-10,14H2,1-2H3. The van der Waals surface area contributed by atoms with Crippen LogP contribution in [0.3, 0.4) is 0 Å². The van der Waals surface area contributed by atoms with E-state index < -0.39 is 0 Å². The van der Waals surface area contributed by atoms with Crippen molar-refractivity contribution in [3.8, 4) is 0 Å². The van der Waals surface area contributed by atoms with E-state index in [1.165, 1.54) is 51.4 Å². The largest absolute Gasteiger partial charge is 0.325 e. The monoisotopic (exact) mass is 195 g/mol. The van der Waals surface area contributed by atoms with E-state index in [1.807, 2.05) is 0 Å². The maximum atomic E-state index is 6.13. The summed E-state index contributed by atoms with van der Waals surface area (Å²) in [5.74, 6) is 0.972. The second kappa shape index (κ2) is 3.52. The maximum Gasteiger partial charge on any atom is 0.0155 e. The molecule has 1 unspecified atom stereocenters. The minimum Gasteiger partial charge on any atom is -0.325 e. The summed E-state index contributed by atoms with van der Waals surface area (Å²) >= 11 is 0. The smallest absolute Gasteiger partial charge is 0.0155 e. The Kier molecular flexibility index (Phi) is 2.63. The Morgan fingerprint density at radius 2 is 1.93 bits per heavy atom. The van der Waals surface area contributed by atoms with Crippen molar-refractivity contribution >= 4 is 0 Å². The zero-order chi connectivity index (χ0) is 10.2. The highest BCUT2D eigenvalue weighted by atomic mass is 14.8. The molecule has 1 nitrogen and oxygen atoms in total. The Morgan fingerprint density at radius 3 is 2.50 bits per heavy atom. The number of nitrogens with two attached hydrogens (primary N) is 1. The molecule has 0 aliphatic heterocycles. The number of hydrogen-bond acceptors (Lipinski definition) is 1. The van der Waals surface area contributed by atoms with E-state index in [2.05, 4.69) is 13.8 Å². The van der Waals surface area contributed by atoms with Crippen molar-refractivity contribution in [2.24, 2.45) is 17.1 Å². The van der Waals surface area contributed by atoms with Gasteiger partial charge in [-0.3, -0.25) is 0 Å². The molecule has 2 saturated carbocycles. The molecular formula is C13H25N. The van der Waals surface area contributed by atoms with Crippen LogP contribution >= 0.6 is 0 Å². The van der Waals surface area contributed by atoms with Gasteiger partial charge in [0.15, 0.2) is 0 Å². The summed E-state index contributed by atoms with van der Waals surface area (Å²) in [4.78, 5) is 0. The van der Waals surface area contributed by atoms with Gasteiger partial charge in [-0.25, -0.2) is 0 Å². The lowest BCUT2D eigenvalue weighted by Crippen LogP contribution is -2.26. The molecule has 0 aromatic carbocycles. The molecule has 0 aromatic rings. The summed E-state index contributed by atoms with van der Waals surface area (Å²) in [6, 6.07) is 0. The van der Waals surface area contributed by atoms with Crippen LogP contribution in [0.1, 0.15) is 65.2 Å². The topological polar surface area (TPSA) is 26.0 Å². The van der Waals surface area contributed by atoms with E-state index in [4.69, 9.17) is 5.73 Å². The molecule has 0 spiro atoms. The van der Waals surface area contributed by atoms with Crippen molar-refractivity contribution in [1.29, 1.82) is 0 Å². The van der Waals surface area contributed by atoms with Crippen molar-refractivity contribution in [2.75, 3.05) is 0 Å². The van der Waals surface area contributed by atoms with Crippen molar-refractivity contribution in [2.45, 2.75) is 70.8 Å². The predicted octanol–water partition coefficient (Wildman–Crippen LogP) is 3.47. The summed E-state index contributed by atoms with van der Waals surface area (Å²) in [5.41, 5.74) is 7.02. The van der Waals surface area contributed by atoms with Gasteiger partial charge in [0.2, 0.25) is 0 Å². The van der Waals surface area contributed by atoms with Gasteiger partial charge in [0.1, 0.15) is 0 Å². The first-order valence-corrected chi connectivity index (χ1v) is 6.28. The maximum absolute atomic E-state index is 6.13. The minimum atomic E-state index is 0.279. The lowest BCUT2D eigenvalue weighted by Gasteiger charge is -2.35. The average Bonchev–Trinajstić information content (AvgIpc) is 2.80. The first-order valence-electron chi connectivity index (χ1n) is 6.28. The van der Waals surface area contributed by atoms with Crippen LogP contribution in [0.4, 0.5) is 0 Å². The fraction of sp³-hybridized carbons (Fsp3) is 1.00. The summed E-state index contributed by atoms with van der Waals surface area (Å²) in [7, 11) is 0. The summed E-state index contributed by atoms with van der Waals surface area (Å²) in [5, 5.41) is 0. The molecule has 2 aliphatic rings. The Hall–Kier alpha value is -0.0400. The van der Waals surface area contributed by atoms with E-state index in [1.54, 1.807) is 0 Å². The zero-order valence-electron chi connectivity index (χ0n) is 9.81. The zero-order valence-corrected chi connectivity index (χ0v) is 9.81. The SMILES string of the molecule is CC1(C)CCCC(CCC2(N)CC2)C1. The molecule has 2 fully saturated rings. The van der Waals surface area contributed by atoms with Gasteiger partial charge in [-0.1, -0.05) is 26.7 Å². The van der Waals surface area contributed by atoms with E-state index in [0.717, 1.165) is 5.92 Å². The molecule has 82 valence electrons. The van der Waals surface area contributed by atoms with Gasteiger partial charge in [-0.05, 0) is 49.9 Å². The van der Waals surface area contributed by atoms with Crippen LogP contribution in [0.5, 0.6) is 0 Å². The van der Waals surface area contributed by atoms with Crippen LogP contribution in [0.15, 0.2) is 0 Å². The van der Waals surface area contributed by atoms with Crippen LogP contribution in [0, 0.1) is 11.3 Å². The van der Waals surface area contributed by atoms with Crippen LogP contribution in [0.25, 0.3) is 0 Å². The van der Waals surface area contributed by atoms with Gasteiger partial charge in [-0.2, -0.15) is 0 Å². The lowest BCUT2D eigenvalue weighted by atomic mass is 9.71. The molecule has 0 amide bonds. The van der Waals surface area contributed by atoms with Crippen LogP contribution in [0.2, 0.25) is 0 Å². The third kappa shape index (κ3) is 2.73. The summed E-state index contributed by atoms with van der Waals surface area (Å²) in [6.45, 7) is 4.85. The van der Waals surface area contributed by atoms with Gasteiger partial charge in [0.25, 0.3) is 0 Å². The Bertz CT molecular complexity index is 203. The molecule has 2 N–H and O–H groups in total. The minimum absolute atomic E-state index is 0.279. The van der Waals surface area contributed by atoms with E-state index in [-0.39, 0.29) is 5.54 Å². The van der Waals surface area contributed by atoms with E-state index >= 15 is 0 Å². The number of rotatable bonds is 3. The molecule has 0 radical (unpaired) electrons. The second-order valence-electron chi connectivity index (χ2n) is 6.53. The van der Waals surface area contributed by atoms with Crippen LogP contribution < -0.4 is 5.73 Å². The summed E-state index contributed by atoms with van der Waals surface area (Å²) in [6.07, 6.45) is 11.0. The average molecular weight is 195 g/mol. The molecule has 1 atom stereocenters.